The highest BCUT2D eigenvalue weighted by Gasteiger charge is 2.52. The number of fused-ring (bicyclic) bond motifs is 2. The second-order valence-corrected chi connectivity index (χ2v) is 5.55. The van der Waals surface area contributed by atoms with Crippen LogP contribution in [-0.4, -0.2) is 45.8 Å². The number of aromatic nitrogens is 2. The Bertz CT molecular complexity index is 481. The third-order valence-corrected chi connectivity index (χ3v) is 4.52. The van der Waals surface area contributed by atoms with Gasteiger partial charge in [0, 0.05) is 36.8 Å². The van der Waals surface area contributed by atoms with E-state index in [9.17, 15) is 0 Å². The van der Waals surface area contributed by atoms with Crippen molar-refractivity contribution in [1.29, 1.82) is 0 Å². The summed E-state index contributed by atoms with van der Waals surface area (Å²) in [7, 11) is 0. The van der Waals surface area contributed by atoms with Crippen LogP contribution in [0.2, 0.25) is 0 Å². The summed E-state index contributed by atoms with van der Waals surface area (Å²) in [6.45, 7) is 3.47. The Kier molecular flexibility index (Phi) is 2.17. The summed E-state index contributed by atoms with van der Waals surface area (Å²) in [5.41, 5.74) is 1.93. The average Bonchev–Trinajstić information content (AvgIpc) is 2.85. The number of nitrogens with zero attached hydrogens (tertiary/aromatic N) is 4. The van der Waals surface area contributed by atoms with Crippen molar-refractivity contribution in [2.75, 3.05) is 19.6 Å². The second kappa shape index (κ2) is 3.75. The van der Waals surface area contributed by atoms with Crippen LogP contribution in [0.1, 0.15) is 24.8 Å². The lowest BCUT2D eigenvalue weighted by atomic mass is 9.73. The Labute approximate surface area is 106 Å². The molecule has 3 saturated heterocycles. The first-order valence-corrected chi connectivity index (χ1v) is 6.58. The van der Waals surface area contributed by atoms with Crippen LogP contribution < -0.4 is 0 Å². The van der Waals surface area contributed by atoms with Crippen molar-refractivity contribution in [3.63, 3.8) is 0 Å². The van der Waals surface area contributed by atoms with Gasteiger partial charge in [0.15, 0.2) is 5.60 Å². The fourth-order valence-corrected chi connectivity index (χ4v) is 3.53. The largest absolute Gasteiger partial charge is 0.387 e. The lowest BCUT2D eigenvalue weighted by Gasteiger charge is -2.49. The molecule has 0 aromatic carbocycles. The van der Waals surface area contributed by atoms with Crippen molar-refractivity contribution in [3.05, 3.63) is 24.3 Å². The Hall–Kier alpha value is -1.49. The van der Waals surface area contributed by atoms with Crippen LogP contribution in [0.3, 0.4) is 0 Å². The van der Waals surface area contributed by atoms with Crippen LogP contribution in [0.5, 0.6) is 0 Å². The Balaban J connectivity index is 1.59. The molecule has 0 N–H and O–H groups in total. The summed E-state index contributed by atoms with van der Waals surface area (Å²) in [6, 6.07) is 0. The zero-order valence-corrected chi connectivity index (χ0v) is 10.2. The van der Waals surface area contributed by atoms with E-state index < -0.39 is 0 Å². The first kappa shape index (κ1) is 10.4. The molecule has 1 atom stereocenters. The van der Waals surface area contributed by atoms with E-state index in [1.165, 1.54) is 25.9 Å². The third kappa shape index (κ3) is 1.47. The van der Waals surface area contributed by atoms with Crippen LogP contribution in [0.4, 0.5) is 0 Å². The van der Waals surface area contributed by atoms with Gasteiger partial charge in [-0.15, -0.1) is 0 Å². The lowest BCUT2D eigenvalue weighted by molar-refractivity contribution is -0.136. The molecule has 2 bridgehead atoms. The van der Waals surface area contributed by atoms with E-state index in [2.05, 4.69) is 20.0 Å². The Morgan fingerprint density at radius 3 is 2.67 bits per heavy atom. The smallest absolute Gasteiger partial charge is 0.158 e. The fraction of sp³-hybridized carbons (Fsp3) is 0.615. The minimum absolute atomic E-state index is 0.0678. The molecule has 1 aromatic rings. The molecule has 3 fully saturated rings. The van der Waals surface area contributed by atoms with E-state index in [4.69, 9.17) is 4.84 Å². The van der Waals surface area contributed by atoms with Gasteiger partial charge in [0.05, 0.1) is 5.71 Å². The van der Waals surface area contributed by atoms with Gasteiger partial charge in [-0.1, -0.05) is 5.16 Å². The summed E-state index contributed by atoms with van der Waals surface area (Å²) >= 11 is 0. The molecule has 1 unspecified atom stereocenters. The maximum Gasteiger partial charge on any atom is 0.158 e. The van der Waals surface area contributed by atoms with Gasteiger partial charge in [-0.05, 0) is 25.9 Å². The molecule has 5 heteroatoms. The molecule has 5 rings (SSSR count). The summed E-state index contributed by atoms with van der Waals surface area (Å²) in [5, 5.41) is 4.31. The van der Waals surface area contributed by atoms with Crippen LogP contribution in [-0.2, 0) is 4.84 Å². The van der Waals surface area contributed by atoms with E-state index in [1.54, 1.807) is 6.33 Å². The highest BCUT2D eigenvalue weighted by atomic mass is 16.7. The maximum atomic E-state index is 5.87. The monoisotopic (exact) mass is 244 g/mol. The van der Waals surface area contributed by atoms with Gasteiger partial charge in [-0.3, -0.25) is 4.90 Å². The van der Waals surface area contributed by atoms with Gasteiger partial charge in [-0.2, -0.15) is 0 Å². The van der Waals surface area contributed by atoms with Crippen molar-refractivity contribution in [2.45, 2.75) is 24.9 Å². The van der Waals surface area contributed by atoms with Gasteiger partial charge in [0.2, 0.25) is 0 Å². The zero-order valence-electron chi connectivity index (χ0n) is 10.2. The fourth-order valence-electron chi connectivity index (χ4n) is 3.53. The van der Waals surface area contributed by atoms with Gasteiger partial charge in [0.1, 0.15) is 6.33 Å². The van der Waals surface area contributed by atoms with Gasteiger partial charge in [-0.25, -0.2) is 9.97 Å². The third-order valence-electron chi connectivity index (χ3n) is 4.52. The Morgan fingerprint density at radius 2 is 2.00 bits per heavy atom. The van der Waals surface area contributed by atoms with Crippen molar-refractivity contribution < 1.29 is 4.84 Å². The number of oxime groups is 1. The number of hydrogen-bond acceptors (Lipinski definition) is 5. The average molecular weight is 244 g/mol. The minimum atomic E-state index is -0.0678. The highest BCUT2D eigenvalue weighted by Crippen LogP contribution is 2.43. The van der Waals surface area contributed by atoms with Crippen molar-refractivity contribution in [1.82, 2.24) is 14.9 Å². The normalized spacial score (nSPS) is 37.7. The van der Waals surface area contributed by atoms with E-state index in [-0.39, 0.29) is 5.60 Å². The van der Waals surface area contributed by atoms with E-state index >= 15 is 0 Å². The molecule has 4 aliphatic heterocycles. The summed E-state index contributed by atoms with van der Waals surface area (Å²) in [5.74, 6) is 0.661. The maximum absolute atomic E-state index is 5.87. The van der Waals surface area contributed by atoms with Crippen molar-refractivity contribution >= 4 is 5.71 Å². The molecule has 18 heavy (non-hydrogen) atoms. The van der Waals surface area contributed by atoms with E-state index in [1.807, 2.05) is 12.4 Å². The SMILES string of the molecule is c1ncc(C2=NOC3(C2)CN2CCC3CC2)cn1. The van der Waals surface area contributed by atoms with E-state index in [0.29, 0.717) is 5.92 Å². The number of hydrogen-bond donors (Lipinski definition) is 0. The molecule has 5 heterocycles. The second-order valence-electron chi connectivity index (χ2n) is 5.55. The van der Waals surface area contributed by atoms with Gasteiger partial charge >= 0.3 is 0 Å². The van der Waals surface area contributed by atoms with Crippen LogP contribution in [0.15, 0.2) is 23.9 Å². The lowest BCUT2D eigenvalue weighted by Crippen LogP contribution is -2.59. The molecule has 5 nitrogen and oxygen atoms in total. The molecule has 4 aliphatic rings. The molecule has 0 radical (unpaired) electrons. The van der Waals surface area contributed by atoms with Crippen LogP contribution in [0, 0.1) is 5.92 Å². The number of piperidine rings is 3. The van der Waals surface area contributed by atoms with Gasteiger partial charge < -0.3 is 4.84 Å². The van der Waals surface area contributed by atoms with Crippen LogP contribution >= 0.6 is 0 Å². The molecular formula is C13H16N4O. The first-order chi connectivity index (χ1) is 8.86. The minimum Gasteiger partial charge on any atom is -0.387 e. The molecule has 0 saturated carbocycles. The molecule has 0 amide bonds. The topological polar surface area (TPSA) is 50.6 Å². The molecular weight excluding hydrogens is 228 g/mol. The summed E-state index contributed by atoms with van der Waals surface area (Å²) in [4.78, 5) is 16.5. The Morgan fingerprint density at radius 1 is 1.22 bits per heavy atom. The summed E-state index contributed by atoms with van der Waals surface area (Å²) in [6.07, 6.45) is 8.57. The molecule has 1 aromatic heterocycles. The summed E-state index contributed by atoms with van der Waals surface area (Å²) < 4.78 is 0. The van der Waals surface area contributed by atoms with Crippen LogP contribution in [0.25, 0.3) is 0 Å². The quantitative estimate of drug-likeness (QED) is 0.741. The van der Waals surface area contributed by atoms with Crippen molar-refractivity contribution in [2.24, 2.45) is 11.1 Å². The van der Waals surface area contributed by atoms with Crippen molar-refractivity contribution in [3.8, 4) is 0 Å². The highest BCUT2D eigenvalue weighted by molar-refractivity contribution is 6.01. The van der Waals surface area contributed by atoms with E-state index in [0.717, 1.165) is 24.2 Å². The molecule has 94 valence electrons. The predicted molar refractivity (Wildman–Crippen MR) is 66.2 cm³/mol. The standard InChI is InChI=1S/C13H16N4O/c1-3-17-4-2-11(1)13(8-17)5-12(16-18-13)10-6-14-9-15-7-10/h6-7,9,11H,1-5,8H2. The van der Waals surface area contributed by atoms with Gasteiger partial charge in [0.25, 0.3) is 0 Å². The zero-order chi connectivity index (χ0) is 12.0. The predicted octanol–water partition coefficient (Wildman–Crippen LogP) is 1.07. The first-order valence-electron chi connectivity index (χ1n) is 6.58. The number of rotatable bonds is 1. The molecule has 1 spiro atoms. The molecule has 0 aliphatic carbocycles.